The van der Waals surface area contributed by atoms with Crippen LogP contribution in [-0.4, -0.2) is 34.6 Å². The van der Waals surface area contributed by atoms with E-state index >= 15 is 0 Å². The van der Waals surface area contributed by atoms with Gasteiger partial charge in [0, 0.05) is 46.6 Å². The Balaban J connectivity index is 0.00000230. The van der Waals surface area contributed by atoms with Gasteiger partial charge in [-0.1, -0.05) is 81.4 Å². The first-order valence-electron chi connectivity index (χ1n) is 16.3. The van der Waals surface area contributed by atoms with Crippen LogP contribution in [-0.2, 0) is 50.0 Å². The molecule has 8 nitrogen and oxygen atoms in total. The molecule has 269 valence electrons. The van der Waals surface area contributed by atoms with E-state index in [1.54, 1.807) is 12.4 Å². The van der Waals surface area contributed by atoms with Crippen LogP contribution in [0.1, 0.15) is 116 Å². The van der Waals surface area contributed by atoms with Gasteiger partial charge in [-0.25, -0.2) is 0 Å². The fourth-order valence-corrected chi connectivity index (χ4v) is 4.87. The molecule has 0 bridgehead atoms. The molecule has 49 heavy (non-hydrogen) atoms. The van der Waals surface area contributed by atoms with Crippen molar-refractivity contribution < 1.29 is 46.8 Å². The van der Waals surface area contributed by atoms with Gasteiger partial charge in [0.1, 0.15) is 11.5 Å². The van der Waals surface area contributed by atoms with Gasteiger partial charge >= 0.3 is 16.8 Å². The quantitative estimate of drug-likeness (QED) is 0.238. The minimum Gasteiger partial charge on any atom is -0.550 e. The van der Waals surface area contributed by atoms with Crippen molar-refractivity contribution in [3.63, 3.8) is 0 Å². The average molecular weight is 718 g/mol. The van der Waals surface area contributed by atoms with Crippen LogP contribution in [0.2, 0.25) is 0 Å². The van der Waals surface area contributed by atoms with Gasteiger partial charge in [0.15, 0.2) is 0 Å². The number of aliphatic carboxylic acids is 2. The summed E-state index contributed by atoms with van der Waals surface area (Å²) in [5.74, 6) is -0.539. The molecule has 0 aliphatic heterocycles. The Kier molecular flexibility index (Phi) is 18.3. The van der Waals surface area contributed by atoms with E-state index in [1.807, 2.05) is 36.4 Å². The maximum atomic E-state index is 11.0. The molecule has 3 aromatic carbocycles. The summed E-state index contributed by atoms with van der Waals surface area (Å²) >= 11 is 0. The predicted octanol–water partition coefficient (Wildman–Crippen LogP) is 7.10. The van der Waals surface area contributed by atoms with Gasteiger partial charge in [-0.3, -0.25) is 9.98 Å². The van der Waals surface area contributed by atoms with Crippen LogP contribution in [0, 0.1) is 11.8 Å². The van der Waals surface area contributed by atoms with Crippen LogP contribution in [0.15, 0.2) is 58.5 Å². The monoisotopic (exact) mass is 717 g/mol. The number of carboxylic acid groups (broad SMARTS) is 2. The molecule has 0 atom stereocenters. The summed E-state index contributed by atoms with van der Waals surface area (Å²) < 4.78 is 0. The zero-order valence-corrected chi connectivity index (χ0v) is 32.1. The second kappa shape index (κ2) is 19.9. The predicted molar refractivity (Wildman–Crippen MR) is 193 cm³/mol. The van der Waals surface area contributed by atoms with E-state index in [0.717, 1.165) is 60.3 Å². The zero-order valence-electron chi connectivity index (χ0n) is 31.1. The second-order valence-electron chi connectivity index (χ2n) is 14.9. The molecular formula is C40H54CoN2O6. The number of phenols is 2. The van der Waals surface area contributed by atoms with Gasteiger partial charge in [0.05, 0.1) is 11.4 Å². The van der Waals surface area contributed by atoms with Crippen molar-refractivity contribution >= 4 is 35.7 Å². The maximum absolute atomic E-state index is 11.0. The molecule has 0 amide bonds. The molecule has 2 N–H and O–H groups in total. The molecule has 0 spiro atoms. The largest absolute Gasteiger partial charge is 2.00 e. The van der Waals surface area contributed by atoms with Crippen molar-refractivity contribution in [2.75, 3.05) is 0 Å². The van der Waals surface area contributed by atoms with Crippen LogP contribution in [0.25, 0.3) is 0 Å². The summed E-state index contributed by atoms with van der Waals surface area (Å²) in [5.41, 5.74) is 6.97. The maximum Gasteiger partial charge on any atom is 2.00 e. The molecular weight excluding hydrogens is 663 g/mol. The first kappa shape index (κ1) is 45.0. The zero-order chi connectivity index (χ0) is 37.0. The number of aliphatic imine (C=N–C) groups is 2. The van der Waals surface area contributed by atoms with Crippen molar-refractivity contribution in [2.24, 2.45) is 21.8 Å². The van der Waals surface area contributed by atoms with Gasteiger partial charge in [-0.2, -0.15) is 0 Å². The first-order valence-corrected chi connectivity index (χ1v) is 16.3. The average Bonchev–Trinajstić information content (AvgIpc) is 2.91. The van der Waals surface area contributed by atoms with Crippen LogP contribution in [0.3, 0.4) is 0 Å². The minimum atomic E-state index is -1.08. The Morgan fingerprint density at radius 3 is 1.14 bits per heavy atom. The fraction of sp³-hybridized carbons (Fsp3) is 0.450. The Hall–Kier alpha value is -3.95. The molecule has 3 aromatic rings. The van der Waals surface area contributed by atoms with Crippen molar-refractivity contribution in [1.29, 1.82) is 0 Å². The van der Waals surface area contributed by atoms with Crippen molar-refractivity contribution in [3.8, 4) is 11.5 Å². The summed E-state index contributed by atoms with van der Waals surface area (Å²) in [5, 5.41) is 39.8. The van der Waals surface area contributed by atoms with E-state index in [0.29, 0.717) is 23.3 Å². The molecule has 0 fully saturated rings. The number of carbonyl (C=O) groups is 2. The number of aromatic hydroxyl groups is 2. The number of hydrogen-bond acceptors (Lipinski definition) is 8. The van der Waals surface area contributed by atoms with E-state index in [1.165, 1.54) is 11.1 Å². The van der Waals surface area contributed by atoms with E-state index in [-0.39, 0.29) is 27.6 Å². The van der Waals surface area contributed by atoms with Crippen LogP contribution in [0.5, 0.6) is 11.5 Å². The summed E-state index contributed by atoms with van der Waals surface area (Å²) in [6.07, 6.45) is 5.39. The smallest absolute Gasteiger partial charge is 0.550 e. The van der Waals surface area contributed by atoms with Gasteiger partial charge < -0.3 is 30.0 Å². The number of nitrogens with zero attached hydrogens (tertiary/aromatic N) is 2. The molecule has 0 heterocycles. The summed E-state index contributed by atoms with van der Waals surface area (Å²) in [4.78, 5) is 27.1. The molecule has 0 aliphatic carbocycles. The summed E-state index contributed by atoms with van der Waals surface area (Å²) in [6.45, 7) is 23.5. The van der Waals surface area contributed by atoms with E-state index in [2.05, 4.69) is 91.4 Å². The number of phenolic OH excluding ortho intramolecular Hbond substituents is 2. The fourth-order valence-electron chi connectivity index (χ4n) is 4.87. The Morgan fingerprint density at radius 2 is 0.918 bits per heavy atom. The Morgan fingerprint density at radius 1 is 0.653 bits per heavy atom. The minimum absolute atomic E-state index is 0. The molecule has 0 saturated heterocycles. The number of carboxylic acids is 2. The Labute approximate surface area is 303 Å². The third kappa shape index (κ3) is 16.8. The summed E-state index contributed by atoms with van der Waals surface area (Å²) in [7, 11) is 0. The molecule has 0 unspecified atom stereocenters. The number of rotatable bonds is 8. The molecule has 1 radical (unpaired) electrons. The SMILES string of the molecule is CC(=O)[O-].CC(=O)[O-].CC(C)Cc1cc(C=Nc2ccc(N=Cc3cc(CC(C)C)cc(C(C)(C)C)c3O)cc2)c(O)c(C(C)(C)C)c1.[Co+2]. The van der Waals surface area contributed by atoms with E-state index in [4.69, 9.17) is 19.8 Å². The van der Waals surface area contributed by atoms with Crippen LogP contribution >= 0.6 is 0 Å². The van der Waals surface area contributed by atoms with Crippen LogP contribution in [0.4, 0.5) is 11.4 Å². The number of hydrogen-bond donors (Lipinski definition) is 2. The third-order valence-electron chi connectivity index (χ3n) is 6.86. The number of benzene rings is 3. The van der Waals surface area contributed by atoms with Gasteiger partial charge in [0.2, 0.25) is 0 Å². The van der Waals surface area contributed by atoms with Crippen molar-refractivity contribution in [3.05, 3.63) is 81.9 Å². The summed E-state index contributed by atoms with van der Waals surface area (Å²) in [6, 6.07) is 16.0. The van der Waals surface area contributed by atoms with E-state index in [9.17, 15) is 10.2 Å². The van der Waals surface area contributed by atoms with Gasteiger partial charge in [-0.15, -0.1) is 0 Å². The van der Waals surface area contributed by atoms with E-state index < -0.39 is 11.9 Å². The van der Waals surface area contributed by atoms with Crippen LogP contribution < -0.4 is 10.2 Å². The van der Waals surface area contributed by atoms with Gasteiger partial charge in [-0.05, 0) is 96.9 Å². The van der Waals surface area contributed by atoms with Crippen molar-refractivity contribution in [1.82, 2.24) is 0 Å². The Bertz CT molecular complexity index is 1450. The molecule has 9 heteroatoms. The van der Waals surface area contributed by atoms with Crippen molar-refractivity contribution in [2.45, 2.75) is 107 Å². The molecule has 0 saturated carbocycles. The molecule has 3 rings (SSSR count). The first-order chi connectivity index (χ1) is 22.0. The topological polar surface area (TPSA) is 145 Å². The normalized spacial score (nSPS) is 11.6. The van der Waals surface area contributed by atoms with Gasteiger partial charge in [0.25, 0.3) is 0 Å². The second-order valence-corrected chi connectivity index (χ2v) is 14.9. The number of carbonyl (C=O) groups excluding carboxylic acids is 2. The molecule has 0 aromatic heterocycles. The standard InChI is InChI=1S/C36H48N2O2.2C2H4O2.Co/c1-23(2)15-25-17-27(33(39)31(19-25)35(5,6)7)21-37-29-11-13-30(14-12-29)38-22-28-18-26(16-24(3)4)20-32(34(28)40)36(8,9)10;2*1-2(3)4;/h11-14,17-24,39-40H,15-16H2,1-10H3;2*1H3,(H,3,4);/q;;;+2/p-2. The third-order valence-corrected chi connectivity index (χ3v) is 6.86. The molecule has 0 aliphatic rings.